The zero-order valence-corrected chi connectivity index (χ0v) is 17.6. The van der Waals surface area contributed by atoms with E-state index in [1.807, 2.05) is 0 Å². The number of aryl methyl sites for hydroxylation is 3. The summed E-state index contributed by atoms with van der Waals surface area (Å²) < 4.78 is 4.91. The molecule has 2 aromatic heterocycles. The van der Waals surface area contributed by atoms with E-state index in [2.05, 4.69) is 109 Å². The Morgan fingerprint density at radius 1 is 0.600 bits per heavy atom. The van der Waals surface area contributed by atoms with Crippen LogP contribution in [0.5, 0.6) is 0 Å². The minimum absolute atomic E-state index is 0.865. The second-order valence-corrected chi connectivity index (χ2v) is 8.36. The zero-order chi connectivity index (χ0) is 20.4. The topological polar surface area (TPSA) is 9.86 Å². The molecule has 0 saturated carbocycles. The van der Waals surface area contributed by atoms with Gasteiger partial charge in [-0.2, -0.15) is 0 Å². The molecule has 0 aliphatic rings. The van der Waals surface area contributed by atoms with Gasteiger partial charge in [-0.05, 0) is 42.7 Å². The van der Waals surface area contributed by atoms with Gasteiger partial charge in [0.05, 0.1) is 11.0 Å². The van der Waals surface area contributed by atoms with Gasteiger partial charge in [0, 0.05) is 46.2 Å². The summed E-state index contributed by atoms with van der Waals surface area (Å²) in [6.07, 6.45) is 0. The van der Waals surface area contributed by atoms with Gasteiger partial charge in [0.15, 0.2) is 0 Å². The quantitative estimate of drug-likeness (QED) is 0.299. The van der Waals surface area contributed by atoms with E-state index in [0.717, 1.165) is 6.54 Å². The summed E-state index contributed by atoms with van der Waals surface area (Å²) in [5.74, 6) is 0. The van der Waals surface area contributed by atoms with Crippen molar-refractivity contribution in [2.24, 2.45) is 7.05 Å². The normalized spacial score (nSPS) is 12.0. The highest BCUT2D eigenvalue weighted by Crippen LogP contribution is 2.42. The second-order valence-electron chi connectivity index (χ2n) is 8.36. The summed E-state index contributed by atoms with van der Waals surface area (Å²) in [7, 11) is 2.21. The zero-order valence-electron chi connectivity index (χ0n) is 17.6. The Morgan fingerprint density at radius 2 is 1.13 bits per heavy atom. The van der Waals surface area contributed by atoms with Crippen molar-refractivity contribution < 1.29 is 0 Å². The molecular formula is C28H24N2. The minimum Gasteiger partial charge on any atom is -0.342 e. The summed E-state index contributed by atoms with van der Waals surface area (Å²) in [5.41, 5.74) is 9.37. The Morgan fingerprint density at radius 3 is 1.83 bits per heavy atom. The van der Waals surface area contributed by atoms with E-state index < -0.39 is 0 Å². The van der Waals surface area contributed by atoms with E-state index in [1.54, 1.807) is 0 Å². The molecule has 2 heterocycles. The first-order valence-electron chi connectivity index (χ1n) is 10.6. The summed E-state index contributed by atoms with van der Waals surface area (Å²) in [4.78, 5) is 0. The van der Waals surface area contributed by atoms with Crippen molar-refractivity contribution in [2.75, 3.05) is 0 Å². The van der Waals surface area contributed by atoms with Gasteiger partial charge in [-0.15, -0.1) is 0 Å². The number of rotatable bonds is 2. The van der Waals surface area contributed by atoms with Crippen molar-refractivity contribution >= 4 is 43.6 Å². The molecule has 30 heavy (non-hydrogen) atoms. The van der Waals surface area contributed by atoms with Crippen LogP contribution in [0.15, 0.2) is 78.9 Å². The van der Waals surface area contributed by atoms with Crippen LogP contribution < -0.4 is 0 Å². The Labute approximate surface area is 176 Å². The molecule has 0 aliphatic carbocycles. The first-order chi connectivity index (χ1) is 14.7. The average molecular weight is 389 g/mol. The maximum atomic E-state index is 2.52. The van der Waals surface area contributed by atoms with Crippen molar-refractivity contribution in [3.05, 3.63) is 95.6 Å². The van der Waals surface area contributed by atoms with Crippen molar-refractivity contribution in [3.8, 4) is 0 Å². The molecule has 2 heteroatoms. The van der Waals surface area contributed by atoms with Crippen molar-refractivity contribution in [1.82, 2.24) is 9.13 Å². The molecule has 0 fully saturated rings. The smallest absolute Gasteiger partial charge is 0.0745 e. The first kappa shape index (κ1) is 17.3. The molecule has 0 N–H and O–H groups in total. The Balaban J connectivity index is 1.89. The third kappa shape index (κ3) is 2.19. The monoisotopic (exact) mass is 388 g/mol. The largest absolute Gasteiger partial charge is 0.342 e. The highest BCUT2D eigenvalue weighted by atomic mass is 15.0. The maximum Gasteiger partial charge on any atom is 0.0745 e. The van der Waals surface area contributed by atoms with Gasteiger partial charge in [-0.25, -0.2) is 0 Å². The van der Waals surface area contributed by atoms with E-state index >= 15 is 0 Å². The summed E-state index contributed by atoms with van der Waals surface area (Å²) in [6, 6.07) is 28.4. The molecule has 6 rings (SSSR count). The SMILES string of the molecule is Cc1c(C)c2c3ccccc3n(Cc3ccccc3)c2c2c1c1ccccc1n2C. The minimum atomic E-state index is 0.865. The molecule has 4 aromatic carbocycles. The number of fused-ring (bicyclic) bond motifs is 7. The van der Waals surface area contributed by atoms with Crippen molar-refractivity contribution in [2.45, 2.75) is 20.4 Å². The van der Waals surface area contributed by atoms with Gasteiger partial charge >= 0.3 is 0 Å². The number of nitrogens with zero attached hydrogens (tertiary/aromatic N) is 2. The lowest BCUT2D eigenvalue weighted by Crippen LogP contribution is -2.01. The van der Waals surface area contributed by atoms with Crippen LogP contribution in [0.25, 0.3) is 43.6 Å². The third-order valence-electron chi connectivity index (χ3n) is 6.80. The van der Waals surface area contributed by atoms with Gasteiger partial charge in [-0.1, -0.05) is 66.7 Å². The molecule has 6 aromatic rings. The standard InChI is InChI=1S/C28H24N2/c1-18-19(2)26-22-14-8-10-16-24(22)30(17-20-11-5-4-6-12-20)28(26)27-25(18)21-13-7-9-15-23(21)29(27)3/h4-16H,17H2,1-3H3. The fourth-order valence-electron chi connectivity index (χ4n) is 5.28. The summed E-state index contributed by atoms with van der Waals surface area (Å²) in [6.45, 7) is 5.44. The number of benzene rings is 4. The molecule has 0 amide bonds. The number of hydrogen-bond acceptors (Lipinski definition) is 0. The van der Waals surface area contributed by atoms with Crippen LogP contribution in [0.2, 0.25) is 0 Å². The summed E-state index contributed by atoms with van der Waals surface area (Å²) in [5, 5.41) is 5.46. The van der Waals surface area contributed by atoms with Crippen LogP contribution in [0.3, 0.4) is 0 Å². The molecular weight excluding hydrogens is 364 g/mol. The van der Waals surface area contributed by atoms with Gasteiger partial charge in [0.1, 0.15) is 0 Å². The van der Waals surface area contributed by atoms with E-state index in [9.17, 15) is 0 Å². The van der Waals surface area contributed by atoms with Crippen LogP contribution in [0, 0.1) is 13.8 Å². The van der Waals surface area contributed by atoms with Crippen molar-refractivity contribution in [1.29, 1.82) is 0 Å². The molecule has 146 valence electrons. The van der Waals surface area contributed by atoms with E-state index in [4.69, 9.17) is 0 Å². The Kier molecular flexibility index (Phi) is 3.61. The molecule has 0 unspecified atom stereocenters. The molecule has 0 bridgehead atoms. The van der Waals surface area contributed by atoms with Crippen LogP contribution in [0.4, 0.5) is 0 Å². The fourth-order valence-corrected chi connectivity index (χ4v) is 5.28. The molecule has 0 saturated heterocycles. The average Bonchev–Trinajstić information content (AvgIpc) is 3.26. The van der Waals surface area contributed by atoms with E-state index in [-0.39, 0.29) is 0 Å². The fraction of sp³-hybridized carbons (Fsp3) is 0.143. The van der Waals surface area contributed by atoms with Crippen LogP contribution in [-0.2, 0) is 13.6 Å². The van der Waals surface area contributed by atoms with Gasteiger partial charge in [-0.3, -0.25) is 0 Å². The molecule has 0 radical (unpaired) electrons. The Bertz CT molecular complexity index is 1580. The highest BCUT2D eigenvalue weighted by Gasteiger charge is 2.22. The highest BCUT2D eigenvalue weighted by molar-refractivity contribution is 6.25. The third-order valence-corrected chi connectivity index (χ3v) is 6.80. The second kappa shape index (κ2) is 6.24. The van der Waals surface area contributed by atoms with E-state index in [1.165, 1.54) is 60.3 Å². The molecule has 0 aliphatic heterocycles. The number of hydrogen-bond donors (Lipinski definition) is 0. The lowest BCUT2D eigenvalue weighted by molar-refractivity contribution is 0.867. The van der Waals surface area contributed by atoms with Gasteiger partial charge in [0.2, 0.25) is 0 Å². The maximum absolute atomic E-state index is 2.52. The lowest BCUT2D eigenvalue weighted by atomic mass is 9.97. The first-order valence-corrected chi connectivity index (χ1v) is 10.6. The predicted octanol–water partition coefficient (Wildman–Crippen LogP) is 7.10. The van der Waals surface area contributed by atoms with E-state index in [0.29, 0.717) is 0 Å². The molecule has 0 spiro atoms. The summed E-state index contributed by atoms with van der Waals surface area (Å²) >= 11 is 0. The van der Waals surface area contributed by atoms with Gasteiger partial charge in [0.25, 0.3) is 0 Å². The Hall–Kier alpha value is -3.52. The van der Waals surface area contributed by atoms with Crippen molar-refractivity contribution in [3.63, 3.8) is 0 Å². The van der Waals surface area contributed by atoms with Crippen LogP contribution >= 0.6 is 0 Å². The van der Waals surface area contributed by atoms with Crippen LogP contribution in [0.1, 0.15) is 16.7 Å². The van der Waals surface area contributed by atoms with Gasteiger partial charge < -0.3 is 9.13 Å². The molecule has 2 nitrogen and oxygen atoms in total. The molecule has 0 atom stereocenters. The van der Waals surface area contributed by atoms with Crippen LogP contribution in [-0.4, -0.2) is 9.13 Å². The number of aromatic nitrogens is 2. The predicted molar refractivity (Wildman–Crippen MR) is 128 cm³/mol. The lowest BCUT2D eigenvalue weighted by Gasteiger charge is -2.12. The number of para-hydroxylation sites is 2.